The monoisotopic (exact) mass is 296 g/mol. The number of carbonyl (C=O) groups excluding carboxylic acids is 2. The summed E-state index contributed by atoms with van der Waals surface area (Å²) in [7, 11) is 0. The maximum Gasteiger partial charge on any atom is 0.328 e. The minimum Gasteiger partial charge on any atom is -0.480 e. The first-order chi connectivity index (χ1) is 10.0. The van der Waals surface area contributed by atoms with Crippen LogP contribution in [0.15, 0.2) is 22.8 Å². The number of ether oxygens (including phenoxy) is 1. The molecule has 1 saturated heterocycles. The van der Waals surface area contributed by atoms with E-state index >= 15 is 0 Å². The van der Waals surface area contributed by atoms with Gasteiger partial charge in [0, 0.05) is 6.54 Å². The van der Waals surface area contributed by atoms with Crippen molar-refractivity contribution >= 4 is 17.8 Å². The molecule has 21 heavy (non-hydrogen) atoms. The molecule has 2 heterocycles. The number of morpholine rings is 1. The maximum absolute atomic E-state index is 12.3. The van der Waals surface area contributed by atoms with Crippen LogP contribution in [0.2, 0.25) is 0 Å². The number of nitrogens with zero attached hydrogens (tertiary/aromatic N) is 1. The molecule has 2 N–H and O–H groups in total. The van der Waals surface area contributed by atoms with Gasteiger partial charge in [0.25, 0.3) is 5.91 Å². The van der Waals surface area contributed by atoms with Crippen molar-refractivity contribution < 1.29 is 28.6 Å². The van der Waals surface area contributed by atoms with Crippen molar-refractivity contribution in [3.05, 3.63) is 24.2 Å². The number of furan rings is 1. The highest BCUT2D eigenvalue weighted by Crippen LogP contribution is 2.10. The summed E-state index contributed by atoms with van der Waals surface area (Å²) >= 11 is 0. The van der Waals surface area contributed by atoms with Gasteiger partial charge in [0.05, 0.1) is 19.5 Å². The van der Waals surface area contributed by atoms with Gasteiger partial charge in [-0.15, -0.1) is 0 Å². The van der Waals surface area contributed by atoms with Crippen molar-refractivity contribution in [3.63, 3.8) is 0 Å². The van der Waals surface area contributed by atoms with Gasteiger partial charge in [0.2, 0.25) is 5.91 Å². The van der Waals surface area contributed by atoms with Gasteiger partial charge in [-0.05, 0) is 19.1 Å². The number of carboxylic acid groups (broad SMARTS) is 1. The molecular formula is C13H16N2O6. The van der Waals surface area contributed by atoms with Crippen LogP contribution in [0.25, 0.3) is 0 Å². The fraction of sp³-hybridized carbons (Fsp3) is 0.462. The van der Waals surface area contributed by atoms with Gasteiger partial charge in [-0.25, -0.2) is 4.79 Å². The lowest BCUT2D eigenvalue weighted by atomic mass is 10.2. The molecule has 8 nitrogen and oxygen atoms in total. The Morgan fingerprint density at radius 2 is 2.24 bits per heavy atom. The zero-order chi connectivity index (χ0) is 15.4. The van der Waals surface area contributed by atoms with Gasteiger partial charge in [0.1, 0.15) is 6.04 Å². The van der Waals surface area contributed by atoms with E-state index in [2.05, 4.69) is 5.32 Å². The molecule has 0 saturated carbocycles. The van der Waals surface area contributed by atoms with Gasteiger partial charge in [-0.1, -0.05) is 0 Å². The molecular weight excluding hydrogens is 280 g/mol. The molecule has 8 heteroatoms. The van der Waals surface area contributed by atoms with Crippen molar-refractivity contribution in [2.24, 2.45) is 0 Å². The van der Waals surface area contributed by atoms with Crippen LogP contribution in [-0.4, -0.2) is 59.6 Å². The van der Waals surface area contributed by atoms with Gasteiger partial charge >= 0.3 is 5.97 Å². The molecule has 0 aromatic carbocycles. The Balaban J connectivity index is 2.00. The highest BCUT2D eigenvalue weighted by molar-refractivity contribution is 5.96. The summed E-state index contributed by atoms with van der Waals surface area (Å²) in [5.74, 6) is -2.04. The molecule has 2 amide bonds. The Labute approximate surface area is 120 Å². The second-order valence-electron chi connectivity index (χ2n) is 4.63. The SMILES string of the molecule is CC(NC(=O)c1ccco1)C(=O)N1CCOCC1C(=O)O. The minimum atomic E-state index is -1.13. The zero-order valence-electron chi connectivity index (χ0n) is 11.4. The Morgan fingerprint density at radius 3 is 2.86 bits per heavy atom. The summed E-state index contributed by atoms with van der Waals surface area (Å²) in [5, 5.41) is 11.6. The van der Waals surface area contributed by atoms with Gasteiger partial charge < -0.3 is 24.5 Å². The Bertz CT molecular complexity index is 527. The van der Waals surface area contributed by atoms with Crippen LogP contribution in [0, 0.1) is 0 Å². The molecule has 2 unspecified atom stereocenters. The number of hydrogen-bond donors (Lipinski definition) is 2. The number of hydrogen-bond acceptors (Lipinski definition) is 5. The van der Waals surface area contributed by atoms with Crippen LogP contribution in [0.1, 0.15) is 17.5 Å². The molecule has 0 spiro atoms. The van der Waals surface area contributed by atoms with E-state index in [1.807, 2.05) is 0 Å². The van der Waals surface area contributed by atoms with Crippen LogP contribution in [0.3, 0.4) is 0 Å². The highest BCUT2D eigenvalue weighted by atomic mass is 16.5. The van der Waals surface area contributed by atoms with E-state index in [0.717, 1.165) is 0 Å². The third-order valence-electron chi connectivity index (χ3n) is 3.16. The van der Waals surface area contributed by atoms with Crippen molar-refractivity contribution in [1.82, 2.24) is 10.2 Å². The van der Waals surface area contributed by atoms with Crippen molar-refractivity contribution in [2.45, 2.75) is 19.0 Å². The first kappa shape index (κ1) is 15.0. The number of carbonyl (C=O) groups is 3. The number of amides is 2. The van der Waals surface area contributed by atoms with Crippen LogP contribution < -0.4 is 5.32 Å². The third kappa shape index (κ3) is 3.40. The van der Waals surface area contributed by atoms with E-state index in [1.54, 1.807) is 6.07 Å². The first-order valence-electron chi connectivity index (χ1n) is 6.46. The molecule has 1 aliphatic heterocycles. The Morgan fingerprint density at radius 1 is 1.48 bits per heavy atom. The number of carboxylic acids is 1. The molecule has 1 fully saturated rings. The number of nitrogens with one attached hydrogen (secondary N) is 1. The largest absolute Gasteiger partial charge is 0.480 e. The normalized spacial score (nSPS) is 19.9. The maximum atomic E-state index is 12.3. The average molecular weight is 296 g/mol. The lowest BCUT2D eigenvalue weighted by molar-refractivity contribution is -0.158. The van der Waals surface area contributed by atoms with Crippen molar-refractivity contribution in [1.29, 1.82) is 0 Å². The van der Waals surface area contributed by atoms with Crippen molar-refractivity contribution in [3.8, 4) is 0 Å². The van der Waals surface area contributed by atoms with E-state index in [4.69, 9.17) is 14.3 Å². The third-order valence-corrected chi connectivity index (χ3v) is 3.16. The molecule has 2 rings (SSSR count). The molecule has 0 bridgehead atoms. The summed E-state index contributed by atoms with van der Waals surface area (Å²) in [6.45, 7) is 1.89. The molecule has 1 aliphatic rings. The lowest BCUT2D eigenvalue weighted by Gasteiger charge is -2.34. The fourth-order valence-electron chi connectivity index (χ4n) is 2.06. The topological polar surface area (TPSA) is 109 Å². The van der Waals surface area contributed by atoms with E-state index in [-0.39, 0.29) is 25.5 Å². The summed E-state index contributed by atoms with van der Waals surface area (Å²) < 4.78 is 10.00. The lowest BCUT2D eigenvalue weighted by Crippen LogP contribution is -2.57. The first-order valence-corrected chi connectivity index (χ1v) is 6.46. The van der Waals surface area contributed by atoms with E-state index in [1.165, 1.54) is 24.2 Å². The minimum absolute atomic E-state index is 0.0556. The van der Waals surface area contributed by atoms with Gasteiger partial charge in [-0.2, -0.15) is 0 Å². The van der Waals surface area contributed by atoms with Crippen molar-refractivity contribution in [2.75, 3.05) is 19.8 Å². The summed E-state index contributed by atoms with van der Waals surface area (Å²) in [5.41, 5.74) is 0. The van der Waals surface area contributed by atoms with E-state index < -0.39 is 29.9 Å². The fourth-order valence-corrected chi connectivity index (χ4v) is 2.06. The average Bonchev–Trinajstić information content (AvgIpc) is 3.00. The Hall–Kier alpha value is -2.35. The summed E-state index contributed by atoms with van der Waals surface area (Å²) in [6, 6.07) is 1.14. The summed E-state index contributed by atoms with van der Waals surface area (Å²) in [4.78, 5) is 36.4. The summed E-state index contributed by atoms with van der Waals surface area (Å²) in [6.07, 6.45) is 1.35. The molecule has 114 valence electrons. The van der Waals surface area contributed by atoms with Gasteiger partial charge in [-0.3, -0.25) is 9.59 Å². The molecule has 2 atom stereocenters. The second kappa shape index (κ2) is 6.40. The zero-order valence-corrected chi connectivity index (χ0v) is 11.4. The van der Waals surface area contributed by atoms with E-state index in [9.17, 15) is 14.4 Å². The molecule has 1 aromatic heterocycles. The van der Waals surface area contributed by atoms with Gasteiger partial charge in [0.15, 0.2) is 11.8 Å². The molecule has 0 radical (unpaired) electrons. The van der Waals surface area contributed by atoms with Crippen LogP contribution >= 0.6 is 0 Å². The van der Waals surface area contributed by atoms with Crippen LogP contribution in [0.4, 0.5) is 0 Å². The second-order valence-corrected chi connectivity index (χ2v) is 4.63. The predicted octanol–water partition coefficient (Wildman–Crippen LogP) is -0.290. The Kier molecular flexibility index (Phi) is 4.59. The predicted molar refractivity (Wildman–Crippen MR) is 69.6 cm³/mol. The standard InChI is InChI=1S/C13H16N2O6/c1-8(14-11(16)10-3-2-5-21-10)12(17)15-4-6-20-7-9(15)13(18)19/h2-3,5,8-9H,4,6-7H2,1H3,(H,14,16)(H,18,19). The van der Waals surface area contributed by atoms with Crippen LogP contribution in [-0.2, 0) is 14.3 Å². The molecule has 0 aliphatic carbocycles. The number of aliphatic carboxylic acids is 1. The smallest absolute Gasteiger partial charge is 0.328 e. The highest BCUT2D eigenvalue weighted by Gasteiger charge is 2.35. The molecule has 1 aromatic rings. The number of rotatable bonds is 4. The quantitative estimate of drug-likeness (QED) is 0.790. The van der Waals surface area contributed by atoms with E-state index in [0.29, 0.717) is 0 Å². The van der Waals surface area contributed by atoms with Crippen LogP contribution in [0.5, 0.6) is 0 Å².